The molecule has 10 nitrogen and oxygen atoms in total. The summed E-state index contributed by atoms with van der Waals surface area (Å²) in [5.74, 6) is -3.48. The smallest absolute Gasteiger partial charge is 0.326 e. The molecule has 1 heterocycles. The molecule has 0 saturated carbocycles. The number of carboxylic acid groups (broad SMARTS) is 1. The highest BCUT2D eigenvalue weighted by Crippen LogP contribution is 2.18. The third kappa shape index (κ3) is 7.36. The highest BCUT2D eigenvalue weighted by Gasteiger charge is 2.33. The standard InChI is InChI=1S/C22H30N4O6/c1-2-19(28)26-11-10-15(13-26)20(29)25-17(12-14-6-4-3-5-7-14)21(30)24-16(22(31)32)8-9-18(23)27/h3-7,15-17H,2,8-13H2,1H3,(H2,23,27)(H,24,30)(H,25,29)(H,31,32)/t15-,16+,17+/m1/s1. The average Bonchev–Trinajstić information content (AvgIpc) is 3.26. The molecule has 1 aromatic carbocycles. The second-order valence-electron chi connectivity index (χ2n) is 7.83. The Bertz CT molecular complexity index is 844. The summed E-state index contributed by atoms with van der Waals surface area (Å²) in [5.41, 5.74) is 5.87. The van der Waals surface area contributed by atoms with Crippen LogP contribution in [0.3, 0.4) is 0 Å². The van der Waals surface area contributed by atoms with Gasteiger partial charge in [-0.25, -0.2) is 4.79 Å². The number of carboxylic acids is 1. The maximum Gasteiger partial charge on any atom is 0.326 e. The van der Waals surface area contributed by atoms with Crippen LogP contribution < -0.4 is 16.4 Å². The maximum atomic E-state index is 12.9. The van der Waals surface area contributed by atoms with Crippen LogP contribution >= 0.6 is 0 Å². The molecule has 0 spiro atoms. The van der Waals surface area contributed by atoms with Gasteiger partial charge in [0.2, 0.25) is 23.6 Å². The maximum absolute atomic E-state index is 12.9. The largest absolute Gasteiger partial charge is 0.480 e. The number of carbonyl (C=O) groups excluding carboxylic acids is 4. The molecule has 10 heteroatoms. The van der Waals surface area contributed by atoms with Gasteiger partial charge in [-0.2, -0.15) is 0 Å². The van der Waals surface area contributed by atoms with Gasteiger partial charge in [0.1, 0.15) is 12.1 Å². The summed E-state index contributed by atoms with van der Waals surface area (Å²) >= 11 is 0. The fourth-order valence-corrected chi connectivity index (χ4v) is 3.59. The Morgan fingerprint density at radius 3 is 2.41 bits per heavy atom. The first-order valence-corrected chi connectivity index (χ1v) is 10.6. The lowest BCUT2D eigenvalue weighted by atomic mass is 10.0. The normalized spacial score (nSPS) is 17.3. The number of primary amides is 1. The number of likely N-dealkylation sites (tertiary alicyclic amines) is 1. The second kappa shape index (κ2) is 11.8. The van der Waals surface area contributed by atoms with E-state index in [9.17, 15) is 29.1 Å². The predicted molar refractivity (Wildman–Crippen MR) is 115 cm³/mol. The molecule has 0 aliphatic carbocycles. The molecular formula is C22H30N4O6. The Hall–Kier alpha value is -3.43. The highest BCUT2D eigenvalue weighted by molar-refractivity contribution is 5.91. The zero-order valence-corrected chi connectivity index (χ0v) is 18.1. The van der Waals surface area contributed by atoms with E-state index in [1.807, 2.05) is 6.07 Å². The third-order valence-corrected chi connectivity index (χ3v) is 5.42. The van der Waals surface area contributed by atoms with Crippen LogP contribution in [-0.4, -0.2) is 64.8 Å². The molecule has 174 valence electrons. The van der Waals surface area contributed by atoms with E-state index in [1.165, 1.54) is 0 Å². The molecule has 5 N–H and O–H groups in total. The number of benzene rings is 1. The van der Waals surface area contributed by atoms with Crippen LogP contribution in [0.5, 0.6) is 0 Å². The van der Waals surface area contributed by atoms with Gasteiger partial charge in [0, 0.05) is 32.4 Å². The molecule has 32 heavy (non-hydrogen) atoms. The van der Waals surface area contributed by atoms with Gasteiger partial charge >= 0.3 is 5.97 Å². The second-order valence-corrected chi connectivity index (χ2v) is 7.83. The van der Waals surface area contributed by atoms with Crippen LogP contribution in [0.15, 0.2) is 30.3 Å². The first-order chi connectivity index (χ1) is 15.2. The van der Waals surface area contributed by atoms with Gasteiger partial charge < -0.3 is 26.4 Å². The number of hydrogen-bond acceptors (Lipinski definition) is 5. The Labute approximate surface area is 186 Å². The average molecular weight is 447 g/mol. The first kappa shape index (κ1) is 24.8. The van der Waals surface area contributed by atoms with E-state index in [4.69, 9.17) is 5.73 Å². The van der Waals surface area contributed by atoms with E-state index in [0.717, 1.165) is 5.56 Å². The molecule has 0 radical (unpaired) electrons. The number of carbonyl (C=O) groups is 5. The van der Waals surface area contributed by atoms with Crippen LogP contribution in [0.4, 0.5) is 0 Å². The zero-order valence-electron chi connectivity index (χ0n) is 18.1. The lowest BCUT2D eigenvalue weighted by Gasteiger charge is -2.23. The molecule has 0 unspecified atom stereocenters. The minimum atomic E-state index is -1.31. The first-order valence-electron chi connectivity index (χ1n) is 10.6. The van der Waals surface area contributed by atoms with Gasteiger partial charge in [-0.1, -0.05) is 37.3 Å². The summed E-state index contributed by atoms with van der Waals surface area (Å²) in [5, 5.41) is 14.5. The quantitative estimate of drug-likeness (QED) is 0.369. The topological polar surface area (TPSA) is 159 Å². The van der Waals surface area contributed by atoms with Gasteiger partial charge in [-0.05, 0) is 18.4 Å². The lowest BCUT2D eigenvalue weighted by Crippen LogP contribution is -2.53. The molecule has 1 aliphatic rings. The van der Waals surface area contributed by atoms with E-state index >= 15 is 0 Å². The number of nitrogens with two attached hydrogens (primary N) is 1. The Kier molecular flexibility index (Phi) is 9.18. The van der Waals surface area contributed by atoms with Crippen molar-refractivity contribution in [2.45, 2.75) is 51.1 Å². The monoisotopic (exact) mass is 446 g/mol. The van der Waals surface area contributed by atoms with Crippen molar-refractivity contribution in [3.05, 3.63) is 35.9 Å². The van der Waals surface area contributed by atoms with Crippen molar-refractivity contribution in [2.75, 3.05) is 13.1 Å². The predicted octanol–water partition coefficient (Wildman–Crippen LogP) is -0.193. The van der Waals surface area contributed by atoms with Gasteiger partial charge in [-0.3, -0.25) is 19.2 Å². The Morgan fingerprint density at radius 2 is 1.81 bits per heavy atom. The van der Waals surface area contributed by atoms with E-state index < -0.39 is 35.8 Å². The van der Waals surface area contributed by atoms with E-state index in [2.05, 4.69) is 10.6 Å². The summed E-state index contributed by atoms with van der Waals surface area (Å²) < 4.78 is 0. The van der Waals surface area contributed by atoms with Crippen molar-refractivity contribution in [1.29, 1.82) is 0 Å². The minimum Gasteiger partial charge on any atom is -0.480 e. The van der Waals surface area contributed by atoms with Crippen LogP contribution in [0.2, 0.25) is 0 Å². The van der Waals surface area contributed by atoms with E-state index in [1.54, 1.807) is 36.1 Å². The summed E-state index contributed by atoms with van der Waals surface area (Å²) in [6, 6.07) is 6.68. The van der Waals surface area contributed by atoms with E-state index in [0.29, 0.717) is 19.4 Å². The molecule has 3 atom stereocenters. The molecular weight excluding hydrogens is 416 g/mol. The molecule has 1 aliphatic heterocycles. The van der Waals surface area contributed by atoms with Crippen molar-refractivity contribution in [3.8, 4) is 0 Å². The van der Waals surface area contributed by atoms with Crippen LogP contribution in [-0.2, 0) is 30.4 Å². The minimum absolute atomic E-state index is 0.0300. The van der Waals surface area contributed by atoms with Gasteiger partial charge in [0.15, 0.2) is 0 Å². The molecule has 1 saturated heterocycles. The highest BCUT2D eigenvalue weighted by atomic mass is 16.4. The molecule has 0 aromatic heterocycles. The number of aliphatic carboxylic acids is 1. The molecule has 4 amide bonds. The molecule has 0 bridgehead atoms. The van der Waals surface area contributed by atoms with Crippen molar-refractivity contribution < 1.29 is 29.1 Å². The number of nitrogens with zero attached hydrogens (tertiary/aromatic N) is 1. The molecule has 1 fully saturated rings. The number of hydrogen-bond donors (Lipinski definition) is 4. The molecule has 2 rings (SSSR count). The fourth-order valence-electron chi connectivity index (χ4n) is 3.59. The fraction of sp³-hybridized carbons (Fsp3) is 0.500. The lowest BCUT2D eigenvalue weighted by molar-refractivity contribution is -0.142. The number of nitrogens with one attached hydrogen (secondary N) is 2. The van der Waals surface area contributed by atoms with Crippen LogP contribution in [0.1, 0.15) is 38.2 Å². The van der Waals surface area contributed by atoms with Gasteiger partial charge in [-0.15, -0.1) is 0 Å². The van der Waals surface area contributed by atoms with Crippen molar-refractivity contribution in [1.82, 2.24) is 15.5 Å². The van der Waals surface area contributed by atoms with Crippen LogP contribution in [0, 0.1) is 5.92 Å². The molecule has 1 aromatic rings. The van der Waals surface area contributed by atoms with Gasteiger partial charge in [0.05, 0.1) is 5.92 Å². The number of amides is 4. The van der Waals surface area contributed by atoms with E-state index in [-0.39, 0.29) is 37.6 Å². The number of rotatable bonds is 11. The van der Waals surface area contributed by atoms with Crippen molar-refractivity contribution in [2.24, 2.45) is 11.7 Å². The Balaban J connectivity index is 2.10. The van der Waals surface area contributed by atoms with Crippen molar-refractivity contribution in [3.63, 3.8) is 0 Å². The summed E-state index contributed by atoms with van der Waals surface area (Å²) in [7, 11) is 0. The third-order valence-electron chi connectivity index (χ3n) is 5.42. The summed E-state index contributed by atoms with van der Waals surface area (Å²) in [6.45, 7) is 2.52. The zero-order chi connectivity index (χ0) is 23.7. The SMILES string of the molecule is CCC(=O)N1CC[C@@H](C(=O)N[C@@H](Cc2ccccc2)C(=O)N[C@@H](CCC(N)=O)C(=O)O)C1. The summed E-state index contributed by atoms with van der Waals surface area (Å²) in [4.78, 5) is 61.8. The van der Waals surface area contributed by atoms with Gasteiger partial charge in [0.25, 0.3) is 0 Å². The van der Waals surface area contributed by atoms with Crippen LogP contribution in [0.25, 0.3) is 0 Å². The van der Waals surface area contributed by atoms with Crippen molar-refractivity contribution >= 4 is 29.6 Å². The Morgan fingerprint density at radius 1 is 1.12 bits per heavy atom. The summed E-state index contributed by atoms with van der Waals surface area (Å²) in [6.07, 6.45) is 0.656.